The van der Waals surface area contributed by atoms with Crippen molar-refractivity contribution in [2.75, 3.05) is 20.3 Å². The molecule has 0 aromatic heterocycles. The maximum atomic E-state index is 12.2. The number of benzene rings is 2. The van der Waals surface area contributed by atoms with Crippen LogP contribution in [0.15, 0.2) is 54.6 Å². The Balaban J connectivity index is 1.85. The van der Waals surface area contributed by atoms with Gasteiger partial charge in [-0.2, -0.15) is 0 Å². The molecule has 0 fully saturated rings. The van der Waals surface area contributed by atoms with Crippen molar-refractivity contribution in [1.82, 2.24) is 10.6 Å². The molecule has 2 aromatic carbocycles. The number of methoxy groups -OCH3 is 1. The van der Waals surface area contributed by atoms with Crippen LogP contribution in [0.3, 0.4) is 0 Å². The minimum atomic E-state index is -0.602. The molecule has 0 radical (unpaired) electrons. The summed E-state index contributed by atoms with van der Waals surface area (Å²) in [5, 5.41) is 5.72. The highest BCUT2D eigenvalue weighted by molar-refractivity contribution is 6.30. The Bertz CT molecular complexity index is 796. The minimum absolute atomic E-state index is 0.0467. The summed E-state index contributed by atoms with van der Waals surface area (Å²) in [7, 11) is 1.27. The zero-order valence-corrected chi connectivity index (χ0v) is 16.1. The first-order valence-corrected chi connectivity index (χ1v) is 8.92. The van der Waals surface area contributed by atoms with Crippen LogP contribution in [0, 0.1) is 0 Å². The SMILES string of the molecule is COC(=O)CC(NC(=O)CNC(=O)COc1ccccc1)c1ccc(Cl)cc1. The topological polar surface area (TPSA) is 93.7 Å². The molecule has 0 bridgehead atoms. The Hall–Kier alpha value is -3.06. The Morgan fingerprint density at radius 1 is 1.00 bits per heavy atom. The van der Waals surface area contributed by atoms with Gasteiger partial charge in [0, 0.05) is 5.02 Å². The molecule has 0 aliphatic rings. The molecule has 0 saturated carbocycles. The monoisotopic (exact) mass is 404 g/mol. The van der Waals surface area contributed by atoms with Gasteiger partial charge in [0.2, 0.25) is 5.91 Å². The van der Waals surface area contributed by atoms with E-state index in [0.29, 0.717) is 16.3 Å². The fourth-order valence-electron chi connectivity index (χ4n) is 2.34. The summed E-state index contributed by atoms with van der Waals surface area (Å²) in [5.74, 6) is -0.796. The molecule has 0 aliphatic carbocycles. The van der Waals surface area contributed by atoms with E-state index >= 15 is 0 Å². The van der Waals surface area contributed by atoms with Crippen LogP contribution in [0.1, 0.15) is 18.0 Å². The van der Waals surface area contributed by atoms with Gasteiger partial charge < -0.3 is 20.1 Å². The number of hydrogen-bond acceptors (Lipinski definition) is 5. The van der Waals surface area contributed by atoms with E-state index in [0.717, 1.165) is 0 Å². The molecule has 2 rings (SSSR count). The predicted octanol–water partition coefficient (Wildman–Crippen LogP) is 2.26. The molecule has 0 saturated heterocycles. The quantitative estimate of drug-likeness (QED) is 0.625. The largest absolute Gasteiger partial charge is 0.484 e. The van der Waals surface area contributed by atoms with Crippen molar-refractivity contribution in [3.8, 4) is 5.75 Å². The van der Waals surface area contributed by atoms with Gasteiger partial charge in [0.15, 0.2) is 6.61 Å². The molecular weight excluding hydrogens is 384 g/mol. The van der Waals surface area contributed by atoms with Crippen LogP contribution in [0.4, 0.5) is 0 Å². The number of halogens is 1. The van der Waals surface area contributed by atoms with Gasteiger partial charge in [-0.3, -0.25) is 14.4 Å². The number of nitrogens with one attached hydrogen (secondary N) is 2. The van der Waals surface area contributed by atoms with E-state index in [1.54, 1.807) is 48.5 Å². The van der Waals surface area contributed by atoms with Gasteiger partial charge in [0.25, 0.3) is 5.91 Å². The van der Waals surface area contributed by atoms with Crippen LogP contribution in [-0.2, 0) is 19.1 Å². The molecule has 8 heteroatoms. The van der Waals surface area contributed by atoms with Gasteiger partial charge in [-0.05, 0) is 29.8 Å². The Labute approximate surface area is 168 Å². The van der Waals surface area contributed by atoms with E-state index in [1.165, 1.54) is 7.11 Å². The number of esters is 1. The third kappa shape index (κ3) is 7.28. The molecule has 2 amide bonds. The summed E-state index contributed by atoms with van der Waals surface area (Å²) in [4.78, 5) is 35.7. The molecule has 0 heterocycles. The van der Waals surface area contributed by atoms with Gasteiger partial charge in [0.05, 0.1) is 26.1 Å². The lowest BCUT2D eigenvalue weighted by atomic mass is 10.0. The summed E-state index contributed by atoms with van der Waals surface area (Å²) in [5.41, 5.74) is 0.696. The lowest BCUT2D eigenvalue weighted by Crippen LogP contribution is -2.40. The normalized spacial score (nSPS) is 11.2. The second-order valence-electron chi connectivity index (χ2n) is 5.83. The minimum Gasteiger partial charge on any atom is -0.484 e. The molecule has 28 heavy (non-hydrogen) atoms. The summed E-state index contributed by atoms with van der Waals surface area (Å²) in [6.45, 7) is -0.456. The van der Waals surface area contributed by atoms with E-state index in [2.05, 4.69) is 15.4 Å². The Morgan fingerprint density at radius 2 is 1.68 bits per heavy atom. The summed E-state index contributed by atoms with van der Waals surface area (Å²) in [6, 6.07) is 15.0. The number of rotatable bonds is 9. The number of amides is 2. The maximum Gasteiger partial charge on any atom is 0.307 e. The van der Waals surface area contributed by atoms with Gasteiger partial charge >= 0.3 is 5.97 Å². The van der Waals surface area contributed by atoms with Crippen LogP contribution in [-0.4, -0.2) is 38.0 Å². The predicted molar refractivity (Wildman–Crippen MR) is 104 cm³/mol. The van der Waals surface area contributed by atoms with E-state index in [-0.39, 0.29) is 19.6 Å². The lowest BCUT2D eigenvalue weighted by Gasteiger charge is -2.18. The smallest absolute Gasteiger partial charge is 0.307 e. The molecular formula is C20H21ClN2O5. The molecule has 1 unspecified atom stereocenters. The molecule has 1 atom stereocenters. The number of carbonyl (C=O) groups excluding carboxylic acids is 3. The van der Waals surface area contributed by atoms with Gasteiger partial charge in [0.1, 0.15) is 5.75 Å². The molecule has 7 nitrogen and oxygen atoms in total. The van der Waals surface area contributed by atoms with E-state index in [1.807, 2.05) is 6.07 Å². The second-order valence-corrected chi connectivity index (χ2v) is 6.27. The van der Waals surface area contributed by atoms with Crippen LogP contribution in [0.2, 0.25) is 5.02 Å². The first kappa shape index (κ1) is 21.2. The highest BCUT2D eigenvalue weighted by Gasteiger charge is 2.19. The number of carbonyl (C=O) groups is 3. The Morgan fingerprint density at radius 3 is 2.32 bits per heavy atom. The van der Waals surface area contributed by atoms with Gasteiger partial charge in [-0.25, -0.2) is 0 Å². The molecule has 0 spiro atoms. The first-order valence-electron chi connectivity index (χ1n) is 8.54. The van der Waals surface area contributed by atoms with E-state index < -0.39 is 23.8 Å². The second kappa shape index (κ2) is 10.9. The van der Waals surface area contributed by atoms with Crippen molar-refractivity contribution >= 4 is 29.4 Å². The highest BCUT2D eigenvalue weighted by Crippen LogP contribution is 2.20. The summed E-state index contributed by atoms with van der Waals surface area (Å²) in [6.07, 6.45) is -0.0467. The fourth-order valence-corrected chi connectivity index (χ4v) is 2.46. The summed E-state index contributed by atoms with van der Waals surface area (Å²) < 4.78 is 9.99. The molecule has 2 aromatic rings. The zero-order chi connectivity index (χ0) is 20.4. The fraction of sp³-hybridized carbons (Fsp3) is 0.250. The first-order chi connectivity index (χ1) is 13.5. The highest BCUT2D eigenvalue weighted by atomic mass is 35.5. The van der Waals surface area contributed by atoms with Gasteiger partial charge in [-0.15, -0.1) is 0 Å². The van der Waals surface area contributed by atoms with E-state index in [4.69, 9.17) is 16.3 Å². The number of para-hydroxylation sites is 1. The van der Waals surface area contributed by atoms with Crippen LogP contribution in [0.5, 0.6) is 5.75 Å². The van der Waals surface area contributed by atoms with E-state index in [9.17, 15) is 14.4 Å². The average molecular weight is 405 g/mol. The molecule has 0 aliphatic heterocycles. The third-order valence-electron chi connectivity index (χ3n) is 3.77. The van der Waals surface area contributed by atoms with Crippen molar-refractivity contribution in [3.05, 3.63) is 65.2 Å². The number of ether oxygens (including phenoxy) is 2. The zero-order valence-electron chi connectivity index (χ0n) is 15.3. The lowest BCUT2D eigenvalue weighted by molar-refractivity contribution is -0.141. The maximum absolute atomic E-state index is 12.2. The summed E-state index contributed by atoms with van der Waals surface area (Å²) >= 11 is 5.88. The number of hydrogen-bond donors (Lipinski definition) is 2. The standard InChI is InChI=1S/C20H21ClN2O5/c1-27-20(26)11-17(14-7-9-15(21)10-8-14)23-18(24)12-22-19(25)13-28-16-5-3-2-4-6-16/h2-10,17H,11-13H2,1H3,(H,22,25)(H,23,24). The Kier molecular flexibility index (Phi) is 8.30. The van der Waals surface area contributed by atoms with Crippen molar-refractivity contribution in [2.45, 2.75) is 12.5 Å². The third-order valence-corrected chi connectivity index (χ3v) is 4.02. The van der Waals surface area contributed by atoms with Crippen molar-refractivity contribution in [1.29, 1.82) is 0 Å². The average Bonchev–Trinajstić information content (AvgIpc) is 2.71. The molecule has 2 N–H and O–H groups in total. The van der Waals surface area contributed by atoms with Crippen LogP contribution >= 0.6 is 11.6 Å². The van der Waals surface area contributed by atoms with Crippen molar-refractivity contribution in [2.24, 2.45) is 0 Å². The van der Waals surface area contributed by atoms with Crippen LogP contribution in [0.25, 0.3) is 0 Å². The van der Waals surface area contributed by atoms with Crippen LogP contribution < -0.4 is 15.4 Å². The molecule has 148 valence electrons. The van der Waals surface area contributed by atoms with Crippen molar-refractivity contribution in [3.63, 3.8) is 0 Å². The van der Waals surface area contributed by atoms with Gasteiger partial charge in [-0.1, -0.05) is 41.9 Å². The van der Waals surface area contributed by atoms with Crippen molar-refractivity contribution < 1.29 is 23.9 Å².